The lowest BCUT2D eigenvalue weighted by Gasteiger charge is -2.60. The Bertz CT molecular complexity index is 995. The summed E-state index contributed by atoms with van der Waals surface area (Å²) in [7, 11) is 1.83. The average molecular weight is 465 g/mol. The van der Waals surface area contributed by atoms with Crippen molar-refractivity contribution in [3.63, 3.8) is 0 Å². The SMILES string of the molecule is CO[C@]12CC[C@@H](NC(=O)OCc3ccccc3)C[C@]1(c1cccc(O)c1)CCN(CC1CC1)C2. The molecule has 0 radical (unpaired) electrons. The van der Waals surface area contributed by atoms with E-state index < -0.39 is 0 Å². The lowest BCUT2D eigenvalue weighted by atomic mass is 9.55. The first-order valence-electron chi connectivity index (χ1n) is 12.6. The number of phenols is 1. The summed E-state index contributed by atoms with van der Waals surface area (Å²) >= 11 is 0. The van der Waals surface area contributed by atoms with Crippen LogP contribution < -0.4 is 5.32 Å². The summed E-state index contributed by atoms with van der Waals surface area (Å²) in [4.78, 5) is 15.2. The first kappa shape index (κ1) is 23.2. The molecule has 6 heteroatoms. The van der Waals surface area contributed by atoms with Crippen molar-refractivity contribution in [3.8, 4) is 5.75 Å². The molecule has 0 spiro atoms. The molecule has 3 fully saturated rings. The van der Waals surface area contributed by atoms with Gasteiger partial charge in [-0.2, -0.15) is 0 Å². The molecule has 1 saturated heterocycles. The van der Waals surface area contributed by atoms with Crippen LogP contribution in [0.5, 0.6) is 5.75 Å². The number of nitrogens with one attached hydrogen (secondary N) is 1. The van der Waals surface area contributed by atoms with Crippen molar-refractivity contribution in [2.24, 2.45) is 5.92 Å². The quantitative estimate of drug-likeness (QED) is 0.626. The fourth-order valence-electron chi connectivity index (χ4n) is 6.27. The molecule has 0 aromatic heterocycles. The Kier molecular flexibility index (Phi) is 6.54. The van der Waals surface area contributed by atoms with Crippen LogP contribution in [0.3, 0.4) is 0 Å². The molecule has 1 heterocycles. The molecular formula is C28H36N2O4. The highest BCUT2D eigenvalue weighted by atomic mass is 16.5. The molecule has 2 N–H and O–H groups in total. The second-order valence-corrected chi connectivity index (χ2v) is 10.4. The smallest absolute Gasteiger partial charge is 0.407 e. The zero-order chi connectivity index (χ0) is 23.6. The Morgan fingerprint density at radius 3 is 2.68 bits per heavy atom. The number of likely N-dealkylation sites (tertiary alicyclic amines) is 1. The Hall–Kier alpha value is -2.57. The molecule has 1 amide bonds. The van der Waals surface area contributed by atoms with Gasteiger partial charge < -0.3 is 24.8 Å². The number of hydrogen-bond donors (Lipinski definition) is 2. The third-order valence-electron chi connectivity index (χ3n) is 8.23. The number of hydrogen-bond acceptors (Lipinski definition) is 5. The maximum Gasteiger partial charge on any atom is 0.407 e. The number of rotatable bonds is 7. The van der Waals surface area contributed by atoms with Crippen LogP contribution >= 0.6 is 0 Å². The summed E-state index contributed by atoms with van der Waals surface area (Å²) in [6, 6.07) is 17.4. The summed E-state index contributed by atoms with van der Waals surface area (Å²) < 4.78 is 11.9. The number of fused-ring (bicyclic) bond motifs is 1. The van der Waals surface area contributed by atoms with Gasteiger partial charge in [-0.25, -0.2) is 4.79 Å². The van der Waals surface area contributed by atoms with Crippen molar-refractivity contribution in [2.75, 3.05) is 26.7 Å². The molecule has 0 unspecified atom stereocenters. The molecule has 5 rings (SSSR count). The van der Waals surface area contributed by atoms with Crippen LogP contribution in [0, 0.1) is 5.92 Å². The van der Waals surface area contributed by atoms with Gasteiger partial charge in [0.25, 0.3) is 0 Å². The second-order valence-electron chi connectivity index (χ2n) is 10.4. The van der Waals surface area contributed by atoms with E-state index in [0.29, 0.717) is 0 Å². The van der Waals surface area contributed by atoms with Crippen molar-refractivity contribution in [3.05, 3.63) is 65.7 Å². The number of amides is 1. The molecule has 1 aliphatic heterocycles. The number of carbonyl (C=O) groups is 1. The lowest BCUT2D eigenvalue weighted by Crippen LogP contribution is -2.68. The Balaban J connectivity index is 1.35. The zero-order valence-electron chi connectivity index (χ0n) is 20.0. The minimum atomic E-state index is -0.379. The van der Waals surface area contributed by atoms with E-state index >= 15 is 0 Å². The molecule has 2 saturated carbocycles. The Morgan fingerprint density at radius 2 is 1.94 bits per heavy atom. The highest BCUT2D eigenvalue weighted by molar-refractivity contribution is 5.67. The van der Waals surface area contributed by atoms with Crippen molar-refractivity contribution < 1.29 is 19.4 Å². The maximum absolute atomic E-state index is 12.7. The van der Waals surface area contributed by atoms with Gasteiger partial charge in [-0.1, -0.05) is 42.5 Å². The van der Waals surface area contributed by atoms with E-state index in [0.717, 1.165) is 62.4 Å². The van der Waals surface area contributed by atoms with Crippen LogP contribution in [0.2, 0.25) is 0 Å². The van der Waals surface area contributed by atoms with Gasteiger partial charge in [-0.3, -0.25) is 0 Å². The predicted molar refractivity (Wildman–Crippen MR) is 131 cm³/mol. The van der Waals surface area contributed by atoms with Gasteiger partial charge in [0.15, 0.2) is 0 Å². The monoisotopic (exact) mass is 464 g/mol. The molecule has 2 aromatic rings. The highest BCUT2D eigenvalue weighted by Gasteiger charge is 2.59. The van der Waals surface area contributed by atoms with Gasteiger partial charge >= 0.3 is 6.09 Å². The fourth-order valence-corrected chi connectivity index (χ4v) is 6.27. The summed E-state index contributed by atoms with van der Waals surface area (Å²) in [5.41, 5.74) is 1.44. The third-order valence-corrected chi connectivity index (χ3v) is 8.23. The second kappa shape index (κ2) is 9.59. The Morgan fingerprint density at radius 1 is 1.12 bits per heavy atom. The number of carbonyl (C=O) groups excluding carboxylic acids is 1. The standard InChI is InChI=1S/C28H36N2O4/c1-33-28-13-12-24(29-26(32)34-19-22-6-3-2-4-7-22)17-27(28,23-8-5-9-25(31)16-23)14-15-30(20-28)18-21-10-11-21/h2-9,16,21,24,31H,10-15,17-20H2,1H3,(H,29,32)/t24-,27+,28+/m1/s1. The van der Waals surface area contributed by atoms with E-state index in [1.165, 1.54) is 12.8 Å². The van der Waals surface area contributed by atoms with Gasteiger partial charge in [-0.15, -0.1) is 0 Å². The van der Waals surface area contributed by atoms with Crippen LogP contribution in [0.4, 0.5) is 4.79 Å². The number of benzene rings is 2. The van der Waals surface area contributed by atoms with Gasteiger partial charge in [0, 0.05) is 31.7 Å². The molecule has 6 nitrogen and oxygen atoms in total. The Labute approximate surface area is 202 Å². The molecule has 2 aliphatic carbocycles. The first-order chi connectivity index (χ1) is 16.5. The van der Waals surface area contributed by atoms with E-state index in [1.807, 2.05) is 49.6 Å². The van der Waals surface area contributed by atoms with Crippen LogP contribution in [0.1, 0.15) is 49.7 Å². The molecular weight excluding hydrogens is 428 g/mol. The predicted octanol–water partition coefficient (Wildman–Crippen LogP) is 4.61. The van der Waals surface area contributed by atoms with E-state index in [1.54, 1.807) is 6.07 Å². The van der Waals surface area contributed by atoms with Gasteiger partial charge in [0.1, 0.15) is 12.4 Å². The third kappa shape index (κ3) is 4.66. The van der Waals surface area contributed by atoms with E-state index in [9.17, 15) is 9.90 Å². The lowest BCUT2D eigenvalue weighted by molar-refractivity contribution is -0.149. The van der Waals surface area contributed by atoms with E-state index in [-0.39, 0.29) is 35.5 Å². The molecule has 3 atom stereocenters. The van der Waals surface area contributed by atoms with E-state index in [2.05, 4.69) is 16.3 Å². The van der Waals surface area contributed by atoms with Crippen molar-refractivity contribution >= 4 is 6.09 Å². The number of alkyl carbamates (subject to hydrolysis) is 1. The normalized spacial score (nSPS) is 29.3. The summed E-state index contributed by atoms with van der Waals surface area (Å²) in [5, 5.41) is 13.4. The van der Waals surface area contributed by atoms with Gasteiger partial charge in [0.05, 0.1) is 5.60 Å². The molecule has 3 aliphatic rings. The minimum absolute atomic E-state index is 0.0103. The van der Waals surface area contributed by atoms with E-state index in [4.69, 9.17) is 9.47 Å². The first-order valence-corrected chi connectivity index (χ1v) is 12.6. The number of aromatic hydroxyl groups is 1. The topological polar surface area (TPSA) is 71.0 Å². The number of methoxy groups -OCH3 is 1. The molecule has 2 aromatic carbocycles. The number of piperidine rings is 1. The van der Waals surface area contributed by atoms with Crippen LogP contribution in [-0.4, -0.2) is 54.5 Å². The maximum atomic E-state index is 12.7. The van der Waals surface area contributed by atoms with Crippen molar-refractivity contribution in [1.82, 2.24) is 10.2 Å². The molecule has 182 valence electrons. The highest BCUT2D eigenvalue weighted by Crippen LogP contribution is 2.54. The number of phenolic OH excluding ortho intramolecular Hbond substituents is 1. The van der Waals surface area contributed by atoms with Crippen molar-refractivity contribution in [1.29, 1.82) is 0 Å². The van der Waals surface area contributed by atoms with Crippen LogP contribution in [-0.2, 0) is 21.5 Å². The van der Waals surface area contributed by atoms with Gasteiger partial charge in [-0.05, 0) is 74.2 Å². The van der Waals surface area contributed by atoms with Gasteiger partial charge in [0.2, 0.25) is 0 Å². The fraction of sp³-hybridized carbons (Fsp3) is 0.536. The molecule has 0 bridgehead atoms. The van der Waals surface area contributed by atoms with Crippen molar-refractivity contribution in [2.45, 2.75) is 62.2 Å². The largest absolute Gasteiger partial charge is 0.508 e. The number of ether oxygens (including phenoxy) is 2. The summed E-state index contributed by atoms with van der Waals surface area (Å²) in [6.07, 6.45) is 5.69. The molecule has 34 heavy (non-hydrogen) atoms. The van der Waals surface area contributed by atoms with Crippen LogP contribution in [0.25, 0.3) is 0 Å². The minimum Gasteiger partial charge on any atom is -0.508 e. The zero-order valence-corrected chi connectivity index (χ0v) is 20.0. The average Bonchev–Trinajstić information content (AvgIpc) is 3.67. The summed E-state index contributed by atoms with van der Waals surface area (Å²) in [6.45, 7) is 3.30. The van der Waals surface area contributed by atoms with Crippen LogP contribution in [0.15, 0.2) is 54.6 Å². The number of nitrogens with zero attached hydrogens (tertiary/aromatic N) is 1. The summed E-state index contributed by atoms with van der Waals surface area (Å²) in [5.74, 6) is 1.11.